The number of ether oxygens (including phenoxy) is 1. The number of carbonyl (C=O) groups is 7. The molecule has 6 aromatic rings. The number of cyclic esters (lactones) is 2. The van der Waals surface area contributed by atoms with Crippen molar-refractivity contribution in [3.8, 4) is 50.7 Å². The molecule has 0 saturated heterocycles. The molecule has 5 aliphatic rings. The Morgan fingerprint density at radius 3 is 1.31 bits per heavy atom. The zero-order chi connectivity index (χ0) is 56.3. The highest BCUT2D eigenvalue weighted by Crippen LogP contribution is 2.43. The third-order valence-electron chi connectivity index (χ3n) is 11.8. The summed E-state index contributed by atoms with van der Waals surface area (Å²) in [5.74, 6) is -6.32. The van der Waals surface area contributed by atoms with E-state index in [4.69, 9.17) is 47.1 Å². The summed E-state index contributed by atoms with van der Waals surface area (Å²) in [4.78, 5) is 79.0. The number of aromatic hydroxyl groups is 1. The monoisotopic (exact) mass is 1050 g/mol. The second-order valence-corrected chi connectivity index (χ2v) is 17.1. The van der Waals surface area contributed by atoms with Gasteiger partial charge in [-0.05, 0) is 108 Å². The van der Waals surface area contributed by atoms with Crippen LogP contribution in [0.2, 0.25) is 0 Å². The molecule has 0 radical (unpaired) electrons. The summed E-state index contributed by atoms with van der Waals surface area (Å²) in [6.07, 6.45) is 0. The van der Waals surface area contributed by atoms with Crippen molar-refractivity contribution in [3.63, 3.8) is 0 Å². The number of carboxylic acid groups (broad SMARTS) is 5. The molecule has 0 aromatic heterocycles. The van der Waals surface area contributed by atoms with Gasteiger partial charge in [0.25, 0.3) is 0 Å². The van der Waals surface area contributed by atoms with Crippen molar-refractivity contribution >= 4 is 80.8 Å². The number of aromatic carboxylic acids is 5. The van der Waals surface area contributed by atoms with E-state index in [9.17, 15) is 54.0 Å². The van der Waals surface area contributed by atoms with Crippen LogP contribution in [-0.2, 0) is 4.74 Å². The lowest BCUT2D eigenvalue weighted by atomic mass is 9.89. The maximum Gasteiger partial charge on any atom is 0.346 e. The van der Waals surface area contributed by atoms with E-state index in [0.29, 0.717) is 89.1 Å². The molecular formula is C57H41N5O16+2. The van der Waals surface area contributed by atoms with E-state index >= 15 is 0 Å². The summed E-state index contributed by atoms with van der Waals surface area (Å²) in [7, 11) is 0. The van der Waals surface area contributed by atoms with Gasteiger partial charge in [0.1, 0.15) is 28.4 Å². The molecule has 0 atom stereocenters. The minimum atomic E-state index is -1.23. The molecule has 0 bridgehead atoms. The molecule has 2 aliphatic carbocycles. The number of rotatable bonds is 7. The fraction of sp³-hybridized carbons (Fsp3) is 0. The van der Waals surface area contributed by atoms with Gasteiger partial charge in [-0.3, -0.25) is 10.8 Å². The zero-order valence-corrected chi connectivity index (χ0v) is 40.1. The van der Waals surface area contributed by atoms with Crippen LogP contribution in [-0.4, -0.2) is 72.4 Å². The molecule has 3 aliphatic heterocycles. The van der Waals surface area contributed by atoms with Gasteiger partial charge in [0, 0.05) is 80.4 Å². The van der Waals surface area contributed by atoms with Gasteiger partial charge in [0.15, 0.2) is 10.7 Å². The van der Waals surface area contributed by atoms with Gasteiger partial charge in [-0.1, -0.05) is 12.1 Å². The number of carbonyl (C=O) groups excluding carboxylic acids is 2. The lowest BCUT2D eigenvalue weighted by molar-refractivity contribution is -0.173. The Labute approximate surface area is 437 Å². The van der Waals surface area contributed by atoms with Crippen molar-refractivity contribution < 1.29 is 88.6 Å². The van der Waals surface area contributed by atoms with Crippen LogP contribution in [0.4, 0.5) is 17.1 Å². The fourth-order valence-electron chi connectivity index (χ4n) is 8.31. The molecule has 0 amide bonds. The van der Waals surface area contributed by atoms with E-state index in [0.717, 1.165) is 12.1 Å². The van der Waals surface area contributed by atoms with Crippen LogP contribution in [0.25, 0.3) is 66.8 Å². The first-order valence-corrected chi connectivity index (χ1v) is 22.7. The number of benzene rings is 8. The molecule has 0 saturated carbocycles. The van der Waals surface area contributed by atoms with E-state index in [2.05, 4.69) is 4.74 Å². The highest BCUT2D eigenvalue weighted by atomic mass is 16.6. The first-order chi connectivity index (χ1) is 37.1. The highest BCUT2D eigenvalue weighted by molar-refractivity contribution is 6.16. The minimum Gasteiger partial charge on any atom is -0.508 e. The molecule has 21 nitrogen and oxygen atoms in total. The number of nitrogens with two attached hydrogens (primary N) is 5. The molecule has 21 heteroatoms. The summed E-state index contributed by atoms with van der Waals surface area (Å²) in [5, 5.41) is 69.3. The lowest BCUT2D eigenvalue weighted by Crippen LogP contribution is -2.44. The Hall–Kier alpha value is -11.6. The van der Waals surface area contributed by atoms with Crippen molar-refractivity contribution in [2.45, 2.75) is 0 Å². The quantitative estimate of drug-likeness (QED) is 0.0414. The normalized spacial score (nSPS) is 11.3. The molecule has 6 aromatic carbocycles. The van der Waals surface area contributed by atoms with Crippen LogP contribution >= 0.6 is 0 Å². The third kappa shape index (κ3) is 11.0. The Balaban J connectivity index is 0.000000150. The summed E-state index contributed by atoms with van der Waals surface area (Å²) in [6, 6.07) is 38.3. The van der Waals surface area contributed by atoms with Gasteiger partial charge < -0.3 is 61.4 Å². The van der Waals surface area contributed by atoms with Gasteiger partial charge in [-0.25, -0.2) is 33.6 Å². The van der Waals surface area contributed by atoms with E-state index in [-0.39, 0.29) is 50.3 Å². The average Bonchev–Trinajstić information content (AvgIpc) is 3.74. The van der Waals surface area contributed by atoms with Gasteiger partial charge in [0.05, 0.1) is 51.1 Å². The van der Waals surface area contributed by atoms with Crippen LogP contribution in [0.3, 0.4) is 0 Å². The number of fused-ring (bicyclic) bond motifs is 5. The maximum atomic E-state index is 11.9. The molecule has 388 valence electrons. The lowest BCUT2D eigenvalue weighted by Gasteiger charge is -2.17. The standard InChI is InChI=1S/2C21H14N2O5.C9H4O5.C6H7NO/c22-11-2-5-14-17(8-11)28-18-9-12(23)3-6-15(18)19(14)16-7-10(20(24)25)1-4-13(16)21(26)27;22-11-2-5-14-17(8-11)28-18-9-12(23)3-6-15(18)19(14)13-4-1-10(20(24)25)7-16(13)21(26)27;10-7(11)4-1-2-5-6(3-4)9(13)14-8(5)12;7-5-2-1-3-6(8)4-5/h2*1-9,22H,23H2,(H,24,25)(H,26,27);1-3H,(H,10,11);1-4,8H,7H2/p+2. The number of anilines is 3. The molecule has 0 fully saturated rings. The maximum absolute atomic E-state index is 11.9. The van der Waals surface area contributed by atoms with Crippen molar-refractivity contribution in [3.05, 3.63) is 201 Å². The Morgan fingerprint density at radius 1 is 0.397 bits per heavy atom. The summed E-state index contributed by atoms with van der Waals surface area (Å²) in [6.45, 7) is 0. The van der Waals surface area contributed by atoms with Gasteiger partial charge in [-0.2, -0.15) is 0 Å². The smallest absolute Gasteiger partial charge is 0.346 e. The number of phenolic OH excluding ortho intramolecular Hbond substituents is 1. The first-order valence-electron chi connectivity index (χ1n) is 22.7. The number of nitrogen functional groups attached to an aromatic ring is 3. The second-order valence-electron chi connectivity index (χ2n) is 17.1. The molecule has 16 N–H and O–H groups in total. The average molecular weight is 1050 g/mol. The molecule has 3 heterocycles. The molecular weight excluding hydrogens is 1010 g/mol. The number of hydrogen-bond donors (Lipinski definition) is 11. The number of carboxylic acids is 5. The van der Waals surface area contributed by atoms with Crippen molar-refractivity contribution in [2.75, 3.05) is 17.2 Å². The van der Waals surface area contributed by atoms with Crippen LogP contribution < -0.4 is 38.7 Å². The first kappa shape index (κ1) is 52.7. The molecule has 0 spiro atoms. The van der Waals surface area contributed by atoms with E-state index in [1.807, 2.05) is 0 Å². The van der Waals surface area contributed by atoms with Crippen LogP contribution in [0.5, 0.6) is 5.75 Å². The Kier molecular flexibility index (Phi) is 14.5. The highest BCUT2D eigenvalue weighted by Gasteiger charge is 2.30. The Morgan fingerprint density at radius 2 is 0.833 bits per heavy atom. The third-order valence-corrected chi connectivity index (χ3v) is 11.8. The molecule has 0 unspecified atom stereocenters. The van der Waals surface area contributed by atoms with Crippen molar-refractivity contribution in [2.24, 2.45) is 0 Å². The number of phenols is 1. The minimum absolute atomic E-state index is 0.00917. The summed E-state index contributed by atoms with van der Waals surface area (Å²) < 4.78 is 16.2. The Bertz CT molecular complexity index is 4200. The van der Waals surface area contributed by atoms with E-state index in [1.54, 1.807) is 91.0 Å². The van der Waals surface area contributed by atoms with E-state index < -0.39 is 41.8 Å². The van der Waals surface area contributed by atoms with Crippen LogP contribution in [0.15, 0.2) is 160 Å². The SMILES string of the molecule is Nc1ccc2c(-c3cc(C(=O)O)ccc3C(=O)O)c3ccc(=[NH2+])cc-3oc2c1.Nc1ccc2c(-c3ccc(C(=O)O)cc3C(=O)O)c3ccc(=[NH2+])cc-3oc2c1.Nc1cccc(O)c1.O=C(O)c1ccc2c(c1)C(=O)OC2=O. The van der Waals surface area contributed by atoms with Crippen molar-refractivity contribution in [1.82, 2.24) is 0 Å². The predicted octanol–water partition coefficient (Wildman–Crippen LogP) is 5.36. The van der Waals surface area contributed by atoms with Gasteiger partial charge in [0.2, 0.25) is 0 Å². The zero-order valence-electron chi connectivity index (χ0n) is 40.1. The topological polar surface area (TPSA) is 406 Å². The predicted molar refractivity (Wildman–Crippen MR) is 279 cm³/mol. The second kappa shape index (κ2) is 21.5. The number of esters is 2. The largest absolute Gasteiger partial charge is 0.508 e. The number of hydrogen-bond acceptors (Lipinski definition) is 14. The fourth-order valence-corrected chi connectivity index (χ4v) is 8.31. The summed E-state index contributed by atoms with van der Waals surface area (Å²) >= 11 is 0. The summed E-state index contributed by atoms with van der Waals surface area (Å²) in [5.41, 5.74) is 22.3. The van der Waals surface area contributed by atoms with Gasteiger partial charge in [-0.15, -0.1) is 0 Å². The van der Waals surface area contributed by atoms with Gasteiger partial charge >= 0.3 is 41.8 Å². The van der Waals surface area contributed by atoms with Crippen LogP contribution in [0, 0.1) is 0 Å². The van der Waals surface area contributed by atoms with E-state index in [1.165, 1.54) is 48.5 Å². The molecule has 78 heavy (non-hydrogen) atoms. The van der Waals surface area contributed by atoms with Crippen LogP contribution in [0.1, 0.15) is 72.5 Å². The van der Waals surface area contributed by atoms with Crippen molar-refractivity contribution in [1.29, 1.82) is 0 Å². The molecule has 11 rings (SSSR count).